The van der Waals surface area contributed by atoms with Gasteiger partial charge in [-0.25, -0.2) is 0 Å². The first kappa shape index (κ1) is 14.6. The van der Waals surface area contributed by atoms with Gasteiger partial charge in [0.05, 0.1) is 5.69 Å². The number of aliphatic carboxylic acids is 1. The first-order chi connectivity index (χ1) is 8.90. The molecule has 0 bridgehead atoms. The average Bonchev–Trinajstić information content (AvgIpc) is 2.36. The number of carbonyl (C=O) groups is 2. The van der Waals surface area contributed by atoms with E-state index < -0.39 is 17.9 Å². The first-order valence-electron chi connectivity index (χ1n) is 5.63. The van der Waals surface area contributed by atoms with Crippen molar-refractivity contribution in [3.63, 3.8) is 0 Å². The molecular formula is C12H16N4O3. The number of amides is 1. The van der Waals surface area contributed by atoms with Crippen molar-refractivity contribution in [1.29, 1.82) is 0 Å². The second-order valence-electron chi connectivity index (χ2n) is 4.12. The molecule has 0 aliphatic carbocycles. The van der Waals surface area contributed by atoms with Crippen LogP contribution in [0.25, 0.3) is 0 Å². The van der Waals surface area contributed by atoms with Gasteiger partial charge < -0.3 is 10.4 Å². The van der Waals surface area contributed by atoms with Crippen molar-refractivity contribution in [1.82, 2.24) is 10.3 Å². The Bertz CT molecular complexity index is 482. The Morgan fingerprint density at radius 2 is 1.84 bits per heavy atom. The molecule has 7 nitrogen and oxygen atoms in total. The van der Waals surface area contributed by atoms with Crippen LogP contribution in [0.15, 0.2) is 34.6 Å². The normalized spacial score (nSPS) is 12.2. The first-order valence-corrected chi connectivity index (χ1v) is 5.63. The smallest absolute Gasteiger partial charge is 0.325 e. The van der Waals surface area contributed by atoms with Crippen LogP contribution < -0.4 is 5.32 Å². The van der Waals surface area contributed by atoms with Crippen molar-refractivity contribution in [2.75, 3.05) is 14.1 Å². The highest BCUT2D eigenvalue weighted by Crippen LogP contribution is 2.13. The highest BCUT2D eigenvalue weighted by molar-refractivity contribution is 5.96. The lowest BCUT2D eigenvalue weighted by Gasteiger charge is -2.09. The quantitative estimate of drug-likeness (QED) is 0.621. The molecule has 0 unspecified atom stereocenters. The van der Waals surface area contributed by atoms with Crippen LogP contribution in [-0.4, -0.2) is 42.1 Å². The van der Waals surface area contributed by atoms with Gasteiger partial charge in [0.25, 0.3) is 5.91 Å². The Kier molecular flexibility index (Phi) is 4.99. The molecule has 1 rings (SSSR count). The SMILES string of the molecule is C[C@H](NC(=O)c1ccc(N=NN(C)C)cc1)C(=O)O. The second kappa shape index (κ2) is 6.48. The standard InChI is InChI=1S/C12H16N4O3/c1-8(12(18)19)13-11(17)9-4-6-10(7-5-9)14-15-16(2)3/h4-8H,1-3H3,(H,13,17)(H,18,19)/t8-/m0/s1. The molecule has 0 radical (unpaired) electrons. The van der Waals surface area contributed by atoms with Gasteiger partial charge in [-0.3, -0.25) is 14.6 Å². The number of nitrogens with one attached hydrogen (secondary N) is 1. The van der Waals surface area contributed by atoms with Crippen molar-refractivity contribution >= 4 is 17.6 Å². The van der Waals surface area contributed by atoms with Crippen molar-refractivity contribution in [3.05, 3.63) is 29.8 Å². The Labute approximate surface area is 110 Å². The molecule has 0 heterocycles. The van der Waals surface area contributed by atoms with Crippen molar-refractivity contribution in [2.24, 2.45) is 10.3 Å². The van der Waals surface area contributed by atoms with E-state index in [4.69, 9.17) is 5.11 Å². The molecular weight excluding hydrogens is 248 g/mol. The van der Waals surface area contributed by atoms with Crippen LogP contribution in [0.1, 0.15) is 17.3 Å². The summed E-state index contributed by atoms with van der Waals surface area (Å²) in [5.41, 5.74) is 0.980. The highest BCUT2D eigenvalue weighted by Gasteiger charge is 2.14. The lowest BCUT2D eigenvalue weighted by molar-refractivity contribution is -0.138. The van der Waals surface area contributed by atoms with Gasteiger partial charge in [-0.1, -0.05) is 5.22 Å². The third kappa shape index (κ3) is 4.74. The van der Waals surface area contributed by atoms with Crippen LogP contribution in [-0.2, 0) is 4.79 Å². The van der Waals surface area contributed by atoms with Crippen LogP contribution in [0.2, 0.25) is 0 Å². The van der Waals surface area contributed by atoms with E-state index in [-0.39, 0.29) is 0 Å². The lowest BCUT2D eigenvalue weighted by Crippen LogP contribution is -2.38. The summed E-state index contributed by atoms with van der Waals surface area (Å²) in [4.78, 5) is 22.3. The summed E-state index contributed by atoms with van der Waals surface area (Å²) in [5, 5.41) is 20.4. The number of carbonyl (C=O) groups excluding carboxylic acids is 1. The predicted molar refractivity (Wildman–Crippen MR) is 69.2 cm³/mol. The summed E-state index contributed by atoms with van der Waals surface area (Å²) in [6, 6.07) is 5.46. The highest BCUT2D eigenvalue weighted by atomic mass is 16.4. The monoisotopic (exact) mass is 264 g/mol. The fraction of sp³-hybridized carbons (Fsp3) is 0.333. The van der Waals surface area contributed by atoms with E-state index in [0.717, 1.165) is 0 Å². The third-order valence-corrected chi connectivity index (χ3v) is 2.19. The molecule has 0 fully saturated rings. The zero-order valence-corrected chi connectivity index (χ0v) is 11.0. The summed E-state index contributed by atoms with van der Waals surface area (Å²) >= 11 is 0. The van der Waals surface area contributed by atoms with Gasteiger partial charge in [-0.05, 0) is 31.2 Å². The largest absolute Gasteiger partial charge is 0.480 e. The van der Waals surface area contributed by atoms with Crippen molar-refractivity contribution < 1.29 is 14.7 Å². The van der Waals surface area contributed by atoms with E-state index in [1.165, 1.54) is 6.92 Å². The number of rotatable bonds is 5. The number of nitrogens with zero attached hydrogens (tertiary/aromatic N) is 3. The molecule has 0 spiro atoms. The predicted octanol–water partition coefficient (Wildman–Crippen LogP) is 1.45. The molecule has 0 aliphatic heterocycles. The van der Waals surface area contributed by atoms with E-state index in [0.29, 0.717) is 11.3 Å². The van der Waals surface area contributed by atoms with Crippen LogP contribution in [0.5, 0.6) is 0 Å². The molecule has 1 aromatic rings. The number of hydrogen-bond donors (Lipinski definition) is 2. The molecule has 1 aromatic carbocycles. The summed E-state index contributed by atoms with van der Waals surface area (Å²) in [6.45, 7) is 1.40. The zero-order chi connectivity index (χ0) is 14.4. The van der Waals surface area contributed by atoms with Gasteiger partial charge in [0.1, 0.15) is 6.04 Å². The van der Waals surface area contributed by atoms with E-state index >= 15 is 0 Å². The summed E-state index contributed by atoms with van der Waals surface area (Å²) in [7, 11) is 3.50. The van der Waals surface area contributed by atoms with E-state index in [1.807, 2.05) is 0 Å². The molecule has 0 aromatic heterocycles. The minimum atomic E-state index is -1.08. The maximum atomic E-state index is 11.7. The summed E-state index contributed by atoms with van der Waals surface area (Å²) in [6.07, 6.45) is 0. The molecule has 1 amide bonds. The van der Waals surface area contributed by atoms with Gasteiger partial charge in [0, 0.05) is 19.7 Å². The Hall–Kier alpha value is -2.44. The minimum absolute atomic E-state index is 0.372. The summed E-state index contributed by atoms with van der Waals surface area (Å²) < 4.78 is 0. The minimum Gasteiger partial charge on any atom is -0.480 e. The van der Waals surface area contributed by atoms with E-state index in [2.05, 4.69) is 15.7 Å². The maximum absolute atomic E-state index is 11.7. The fourth-order valence-corrected chi connectivity index (χ4v) is 1.16. The van der Waals surface area contributed by atoms with Crippen LogP contribution >= 0.6 is 0 Å². The topological polar surface area (TPSA) is 94.4 Å². The van der Waals surface area contributed by atoms with Crippen LogP contribution in [0, 0.1) is 0 Å². The lowest BCUT2D eigenvalue weighted by atomic mass is 10.2. The zero-order valence-electron chi connectivity index (χ0n) is 11.0. The number of hydrogen-bond acceptors (Lipinski definition) is 4. The molecule has 0 aliphatic rings. The molecule has 0 saturated heterocycles. The van der Waals surface area contributed by atoms with Crippen molar-refractivity contribution in [3.8, 4) is 0 Å². The fourth-order valence-electron chi connectivity index (χ4n) is 1.16. The average molecular weight is 264 g/mol. The number of carboxylic acid groups (broad SMARTS) is 1. The second-order valence-corrected chi connectivity index (χ2v) is 4.12. The molecule has 7 heteroatoms. The molecule has 2 N–H and O–H groups in total. The molecule has 19 heavy (non-hydrogen) atoms. The van der Waals surface area contributed by atoms with Crippen molar-refractivity contribution in [2.45, 2.75) is 13.0 Å². The van der Waals surface area contributed by atoms with Gasteiger partial charge in [-0.15, -0.1) is 5.11 Å². The summed E-state index contributed by atoms with van der Waals surface area (Å²) in [5.74, 6) is -1.52. The van der Waals surface area contributed by atoms with E-state index in [9.17, 15) is 9.59 Å². The van der Waals surface area contributed by atoms with Gasteiger partial charge in [0.2, 0.25) is 0 Å². The van der Waals surface area contributed by atoms with Crippen LogP contribution in [0.4, 0.5) is 5.69 Å². The molecule has 102 valence electrons. The van der Waals surface area contributed by atoms with Gasteiger partial charge in [0.15, 0.2) is 0 Å². The molecule has 0 saturated carbocycles. The number of benzene rings is 1. The van der Waals surface area contributed by atoms with Crippen LogP contribution in [0.3, 0.4) is 0 Å². The van der Waals surface area contributed by atoms with Gasteiger partial charge in [-0.2, -0.15) is 0 Å². The third-order valence-electron chi connectivity index (χ3n) is 2.19. The molecule has 1 atom stereocenters. The number of carboxylic acids is 1. The Morgan fingerprint density at radius 3 is 2.32 bits per heavy atom. The Morgan fingerprint density at radius 1 is 1.26 bits per heavy atom. The maximum Gasteiger partial charge on any atom is 0.325 e. The Balaban J connectivity index is 2.71. The van der Waals surface area contributed by atoms with E-state index in [1.54, 1.807) is 43.4 Å². The van der Waals surface area contributed by atoms with Gasteiger partial charge >= 0.3 is 5.97 Å².